The maximum Gasteiger partial charge on any atom is 0.0424 e. The van der Waals surface area contributed by atoms with Crippen LogP contribution in [0.3, 0.4) is 0 Å². The number of nitrogens with zero attached hydrogens (tertiary/aromatic N) is 1. The molecule has 100 valence electrons. The number of hydrogen-bond donors (Lipinski definition) is 2. The third-order valence-corrected chi connectivity index (χ3v) is 4.30. The van der Waals surface area contributed by atoms with Crippen LogP contribution in [0.5, 0.6) is 0 Å². The molecule has 19 heavy (non-hydrogen) atoms. The van der Waals surface area contributed by atoms with Gasteiger partial charge in [0, 0.05) is 40.6 Å². The molecular formula is C16H21N3. The molecule has 0 aliphatic heterocycles. The van der Waals surface area contributed by atoms with Gasteiger partial charge < -0.3 is 11.1 Å². The van der Waals surface area contributed by atoms with Gasteiger partial charge in [-0.2, -0.15) is 0 Å². The van der Waals surface area contributed by atoms with Crippen LogP contribution in [-0.2, 0) is 0 Å². The number of fused-ring (bicyclic) bond motifs is 1. The van der Waals surface area contributed by atoms with E-state index in [9.17, 15) is 0 Å². The fourth-order valence-corrected chi connectivity index (χ4v) is 3.07. The number of pyridine rings is 1. The summed E-state index contributed by atoms with van der Waals surface area (Å²) < 4.78 is 0. The Morgan fingerprint density at radius 2 is 2.00 bits per heavy atom. The van der Waals surface area contributed by atoms with Gasteiger partial charge in [-0.1, -0.05) is 19.8 Å². The number of rotatable bonds is 2. The lowest BCUT2D eigenvalue weighted by atomic mass is 9.85. The van der Waals surface area contributed by atoms with Crippen molar-refractivity contribution in [3.63, 3.8) is 0 Å². The second-order valence-electron chi connectivity index (χ2n) is 5.64. The molecule has 2 atom stereocenters. The minimum absolute atomic E-state index is 0.578. The third-order valence-electron chi connectivity index (χ3n) is 4.30. The molecular weight excluding hydrogens is 234 g/mol. The molecule has 1 aliphatic rings. The maximum atomic E-state index is 6.02. The Hall–Kier alpha value is -1.77. The number of nitrogens with one attached hydrogen (secondary N) is 1. The molecule has 0 saturated heterocycles. The van der Waals surface area contributed by atoms with Gasteiger partial charge >= 0.3 is 0 Å². The van der Waals surface area contributed by atoms with E-state index in [-0.39, 0.29) is 0 Å². The van der Waals surface area contributed by atoms with Crippen molar-refractivity contribution >= 4 is 22.1 Å². The molecule has 1 aliphatic carbocycles. The van der Waals surface area contributed by atoms with E-state index >= 15 is 0 Å². The normalized spacial score (nSPS) is 23.4. The summed E-state index contributed by atoms with van der Waals surface area (Å²) in [6.07, 6.45) is 8.96. The molecule has 1 saturated carbocycles. The van der Waals surface area contributed by atoms with Crippen LogP contribution in [0, 0.1) is 5.92 Å². The SMILES string of the molecule is CC1CCCCC1Nc1ccc(N)c2cnccc12. The molecule has 0 spiro atoms. The van der Waals surface area contributed by atoms with Crippen LogP contribution >= 0.6 is 0 Å². The molecule has 2 unspecified atom stereocenters. The van der Waals surface area contributed by atoms with Crippen LogP contribution in [0.1, 0.15) is 32.6 Å². The van der Waals surface area contributed by atoms with Crippen molar-refractivity contribution in [1.82, 2.24) is 4.98 Å². The smallest absolute Gasteiger partial charge is 0.0424 e. The van der Waals surface area contributed by atoms with Crippen molar-refractivity contribution in [3.05, 3.63) is 30.6 Å². The second kappa shape index (κ2) is 5.08. The largest absolute Gasteiger partial charge is 0.398 e. The average molecular weight is 255 g/mol. The van der Waals surface area contributed by atoms with Crippen LogP contribution in [-0.4, -0.2) is 11.0 Å². The Bertz CT molecular complexity index is 579. The van der Waals surface area contributed by atoms with Crippen LogP contribution < -0.4 is 11.1 Å². The first-order chi connectivity index (χ1) is 9.25. The van der Waals surface area contributed by atoms with E-state index in [0.717, 1.165) is 17.0 Å². The predicted octanol–water partition coefficient (Wildman–Crippen LogP) is 3.81. The van der Waals surface area contributed by atoms with Gasteiger partial charge in [0.05, 0.1) is 0 Å². The lowest BCUT2D eigenvalue weighted by Crippen LogP contribution is -2.30. The highest BCUT2D eigenvalue weighted by molar-refractivity contribution is 6.00. The van der Waals surface area contributed by atoms with Crippen LogP contribution in [0.4, 0.5) is 11.4 Å². The quantitative estimate of drug-likeness (QED) is 0.802. The van der Waals surface area contributed by atoms with E-state index in [4.69, 9.17) is 5.73 Å². The number of hydrogen-bond acceptors (Lipinski definition) is 3. The van der Waals surface area contributed by atoms with Gasteiger partial charge in [0.1, 0.15) is 0 Å². The summed E-state index contributed by atoms with van der Waals surface area (Å²) in [5, 5.41) is 5.93. The number of nitrogen functional groups attached to an aromatic ring is 1. The van der Waals surface area contributed by atoms with E-state index in [2.05, 4.69) is 23.3 Å². The fraction of sp³-hybridized carbons (Fsp3) is 0.438. The summed E-state index contributed by atoms with van der Waals surface area (Å²) in [5.74, 6) is 0.739. The number of anilines is 2. The molecule has 1 fully saturated rings. The molecule has 1 heterocycles. The molecule has 0 bridgehead atoms. The number of benzene rings is 1. The van der Waals surface area contributed by atoms with Crippen molar-refractivity contribution in [3.8, 4) is 0 Å². The van der Waals surface area contributed by atoms with E-state index < -0.39 is 0 Å². The van der Waals surface area contributed by atoms with Gasteiger partial charge in [-0.3, -0.25) is 4.98 Å². The molecule has 0 radical (unpaired) electrons. The second-order valence-corrected chi connectivity index (χ2v) is 5.64. The van der Waals surface area contributed by atoms with Crippen LogP contribution in [0.15, 0.2) is 30.6 Å². The van der Waals surface area contributed by atoms with Gasteiger partial charge in [-0.25, -0.2) is 0 Å². The summed E-state index contributed by atoms with van der Waals surface area (Å²) in [5.41, 5.74) is 8.00. The number of nitrogens with two attached hydrogens (primary N) is 1. The van der Waals surface area contributed by atoms with E-state index in [1.807, 2.05) is 24.5 Å². The Morgan fingerprint density at radius 1 is 1.16 bits per heavy atom. The zero-order chi connectivity index (χ0) is 13.2. The highest BCUT2D eigenvalue weighted by Gasteiger charge is 2.21. The lowest BCUT2D eigenvalue weighted by Gasteiger charge is -2.30. The first-order valence-electron chi connectivity index (χ1n) is 7.14. The van der Waals surface area contributed by atoms with Crippen molar-refractivity contribution in [2.45, 2.75) is 38.6 Å². The van der Waals surface area contributed by atoms with Gasteiger partial charge in [0.15, 0.2) is 0 Å². The molecule has 2 aromatic rings. The molecule has 3 heteroatoms. The predicted molar refractivity (Wildman–Crippen MR) is 81.2 cm³/mol. The topological polar surface area (TPSA) is 50.9 Å². The summed E-state index contributed by atoms with van der Waals surface area (Å²) in [6.45, 7) is 2.35. The molecule has 3 rings (SSSR count). The first kappa shape index (κ1) is 12.3. The van der Waals surface area contributed by atoms with Crippen molar-refractivity contribution in [2.24, 2.45) is 5.92 Å². The summed E-state index contributed by atoms with van der Waals surface area (Å²) >= 11 is 0. The summed E-state index contributed by atoms with van der Waals surface area (Å²) in [6, 6.07) is 6.69. The monoisotopic (exact) mass is 255 g/mol. The van der Waals surface area contributed by atoms with Gasteiger partial charge in [-0.05, 0) is 37.0 Å². The number of aromatic nitrogens is 1. The zero-order valence-electron chi connectivity index (χ0n) is 11.4. The molecule has 0 amide bonds. The first-order valence-corrected chi connectivity index (χ1v) is 7.14. The minimum Gasteiger partial charge on any atom is -0.398 e. The van der Waals surface area contributed by atoms with Crippen LogP contribution in [0.25, 0.3) is 10.8 Å². The van der Waals surface area contributed by atoms with Gasteiger partial charge in [0.25, 0.3) is 0 Å². The maximum absolute atomic E-state index is 6.02. The van der Waals surface area contributed by atoms with Crippen molar-refractivity contribution in [1.29, 1.82) is 0 Å². The zero-order valence-corrected chi connectivity index (χ0v) is 11.4. The Balaban J connectivity index is 1.94. The van der Waals surface area contributed by atoms with E-state index in [1.165, 1.54) is 36.8 Å². The molecule has 1 aromatic heterocycles. The fourth-order valence-electron chi connectivity index (χ4n) is 3.07. The Morgan fingerprint density at radius 3 is 2.84 bits per heavy atom. The molecule has 1 aromatic carbocycles. The Labute approximate surface area is 114 Å². The average Bonchev–Trinajstić information content (AvgIpc) is 2.44. The Kier molecular flexibility index (Phi) is 3.28. The highest BCUT2D eigenvalue weighted by Crippen LogP contribution is 2.31. The van der Waals surface area contributed by atoms with Crippen LogP contribution in [0.2, 0.25) is 0 Å². The van der Waals surface area contributed by atoms with Crippen molar-refractivity contribution < 1.29 is 0 Å². The molecule has 3 nitrogen and oxygen atoms in total. The molecule has 3 N–H and O–H groups in total. The highest BCUT2D eigenvalue weighted by atomic mass is 14.9. The third kappa shape index (κ3) is 2.37. The van der Waals surface area contributed by atoms with Gasteiger partial charge in [0.2, 0.25) is 0 Å². The van der Waals surface area contributed by atoms with E-state index in [1.54, 1.807) is 0 Å². The minimum atomic E-state index is 0.578. The van der Waals surface area contributed by atoms with Crippen molar-refractivity contribution in [2.75, 3.05) is 11.1 Å². The summed E-state index contributed by atoms with van der Waals surface area (Å²) in [7, 11) is 0. The lowest BCUT2D eigenvalue weighted by molar-refractivity contribution is 0.350. The van der Waals surface area contributed by atoms with E-state index in [0.29, 0.717) is 6.04 Å². The standard InChI is InChI=1S/C16H21N3/c1-11-4-2-3-5-15(11)19-16-7-6-14(17)13-10-18-9-8-12(13)16/h6-11,15,19H,2-5,17H2,1H3. The van der Waals surface area contributed by atoms with Gasteiger partial charge in [-0.15, -0.1) is 0 Å². The summed E-state index contributed by atoms with van der Waals surface area (Å²) in [4.78, 5) is 4.17.